The summed E-state index contributed by atoms with van der Waals surface area (Å²) < 4.78 is 0. The van der Waals surface area contributed by atoms with E-state index in [-0.39, 0.29) is 0 Å². The van der Waals surface area contributed by atoms with Crippen LogP contribution in [0.25, 0.3) is 0 Å². The summed E-state index contributed by atoms with van der Waals surface area (Å²) in [5.41, 5.74) is 0.359. The van der Waals surface area contributed by atoms with Gasteiger partial charge in [-0.15, -0.1) is 11.8 Å². The minimum atomic E-state index is 0.359. The normalized spacial score (nSPS) is 8.80. The van der Waals surface area contributed by atoms with Gasteiger partial charge in [0.25, 0.3) is 0 Å². The standard InChI is InChI=1S/C6H5N3S/c1-10-6-4-8-5(2-7)3-9-6/h3-4H,1H3. The van der Waals surface area contributed by atoms with Gasteiger partial charge in [0.05, 0.1) is 12.4 Å². The van der Waals surface area contributed by atoms with Gasteiger partial charge in [0.2, 0.25) is 0 Å². The first-order chi connectivity index (χ1) is 4.86. The Kier molecular flexibility index (Phi) is 2.24. The van der Waals surface area contributed by atoms with Gasteiger partial charge in [0.1, 0.15) is 11.1 Å². The Bertz CT molecular complexity index is 249. The zero-order valence-corrected chi connectivity index (χ0v) is 6.22. The quantitative estimate of drug-likeness (QED) is 0.563. The van der Waals surface area contributed by atoms with Crippen LogP contribution in [0.5, 0.6) is 0 Å². The molecule has 0 atom stereocenters. The largest absolute Gasteiger partial charge is 0.245 e. The van der Waals surface area contributed by atoms with Crippen LogP contribution in [-0.4, -0.2) is 16.2 Å². The summed E-state index contributed by atoms with van der Waals surface area (Å²) in [4.78, 5) is 7.77. The molecule has 1 heterocycles. The molecule has 0 N–H and O–H groups in total. The molecule has 0 aliphatic rings. The van der Waals surface area contributed by atoms with E-state index >= 15 is 0 Å². The molecule has 1 aromatic heterocycles. The Morgan fingerprint density at radius 2 is 2.30 bits per heavy atom. The van der Waals surface area contributed by atoms with Crippen LogP contribution in [0.1, 0.15) is 5.69 Å². The SMILES string of the molecule is CSc1cnc(C#N)cn1. The first kappa shape index (κ1) is 7.03. The van der Waals surface area contributed by atoms with Gasteiger partial charge < -0.3 is 0 Å². The molecule has 10 heavy (non-hydrogen) atoms. The molecule has 3 nitrogen and oxygen atoms in total. The number of nitriles is 1. The van der Waals surface area contributed by atoms with E-state index in [9.17, 15) is 0 Å². The van der Waals surface area contributed by atoms with Gasteiger partial charge in [0, 0.05) is 0 Å². The Morgan fingerprint density at radius 1 is 1.50 bits per heavy atom. The van der Waals surface area contributed by atoms with Crippen LogP contribution in [0.15, 0.2) is 17.4 Å². The molecular formula is C6H5N3S. The molecule has 0 unspecified atom stereocenters. The molecule has 1 aromatic rings. The smallest absolute Gasteiger partial charge is 0.158 e. The van der Waals surface area contributed by atoms with Crippen molar-refractivity contribution >= 4 is 11.8 Å². The van der Waals surface area contributed by atoms with Crippen LogP contribution in [0.2, 0.25) is 0 Å². The lowest BCUT2D eigenvalue weighted by atomic mass is 10.5. The van der Waals surface area contributed by atoms with E-state index in [0.717, 1.165) is 5.03 Å². The molecule has 50 valence electrons. The number of thioether (sulfide) groups is 1. The van der Waals surface area contributed by atoms with Crippen molar-refractivity contribution in [2.75, 3.05) is 6.26 Å². The summed E-state index contributed by atoms with van der Waals surface area (Å²) >= 11 is 1.50. The molecule has 0 radical (unpaired) electrons. The topological polar surface area (TPSA) is 49.6 Å². The zero-order chi connectivity index (χ0) is 7.40. The lowest BCUT2D eigenvalue weighted by Crippen LogP contribution is -1.85. The monoisotopic (exact) mass is 151 g/mol. The highest BCUT2D eigenvalue weighted by Gasteiger charge is 1.92. The van der Waals surface area contributed by atoms with E-state index in [2.05, 4.69) is 9.97 Å². The number of hydrogen-bond donors (Lipinski definition) is 0. The van der Waals surface area contributed by atoms with Crippen molar-refractivity contribution < 1.29 is 0 Å². The van der Waals surface area contributed by atoms with Crippen molar-refractivity contribution in [1.29, 1.82) is 5.26 Å². The van der Waals surface area contributed by atoms with Gasteiger partial charge in [-0.2, -0.15) is 5.26 Å². The van der Waals surface area contributed by atoms with Crippen molar-refractivity contribution in [3.8, 4) is 6.07 Å². The summed E-state index contributed by atoms with van der Waals surface area (Å²) in [7, 11) is 0. The average Bonchev–Trinajstić information content (AvgIpc) is 2.05. The second-order valence-corrected chi connectivity index (χ2v) is 2.38. The lowest BCUT2D eigenvalue weighted by molar-refractivity contribution is 1.04. The van der Waals surface area contributed by atoms with E-state index in [1.807, 2.05) is 12.3 Å². The van der Waals surface area contributed by atoms with Crippen LogP contribution in [0, 0.1) is 11.3 Å². The summed E-state index contributed by atoms with van der Waals surface area (Å²) in [6.07, 6.45) is 4.96. The Hall–Kier alpha value is -1.08. The van der Waals surface area contributed by atoms with Crippen molar-refractivity contribution in [3.63, 3.8) is 0 Å². The summed E-state index contributed by atoms with van der Waals surface area (Å²) in [6.45, 7) is 0. The predicted octanol–water partition coefficient (Wildman–Crippen LogP) is 1.07. The molecule has 0 aliphatic heterocycles. The molecule has 0 aliphatic carbocycles. The van der Waals surface area contributed by atoms with Gasteiger partial charge >= 0.3 is 0 Å². The van der Waals surface area contributed by atoms with Crippen molar-refractivity contribution in [2.45, 2.75) is 5.03 Å². The highest BCUT2D eigenvalue weighted by Crippen LogP contribution is 2.07. The van der Waals surface area contributed by atoms with Crippen molar-refractivity contribution in [3.05, 3.63) is 18.1 Å². The average molecular weight is 151 g/mol. The fourth-order valence-corrected chi connectivity index (χ4v) is 0.796. The molecule has 1 rings (SSSR count). The van der Waals surface area contributed by atoms with Crippen LogP contribution in [-0.2, 0) is 0 Å². The predicted molar refractivity (Wildman–Crippen MR) is 38.5 cm³/mol. The van der Waals surface area contributed by atoms with Crippen LogP contribution < -0.4 is 0 Å². The maximum absolute atomic E-state index is 8.34. The van der Waals surface area contributed by atoms with Gasteiger partial charge in [0.15, 0.2) is 5.69 Å². The maximum atomic E-state index is 8.34. The number of aromatic nitrogens is 2. The van der Waals surface area contributed by atoms with Crippen LogP contribution >= 0.6 is 11.8 Å². The summed E-state index contributed by atoms with van der Waals surface area (Å²) in [6, 6.07) is 1.90. The van der Waals surface area contributed by atoms with Crippen molar-refractivity contribution in [1.82, 2.24) is 9.97 Å². The zero-order valence-electron chi connectivity index (χ0n) is 5.40. The van der Waals surface area contributed by atoms with E-state index in [1.54, 1.807) is 6.20 Å². The Labute approximate surface area is 63.1 Å². The van der Waals surface area contributed by atoms with E-state index in [4.69, 9.17) is 5.26 Å². The highest BCUT2D eigenvalue weighted by atomic mass is 32.2. The molecule has 0 fully saturated rings. The van der Waals surface area contributed by atoms with Crippen molar-refractivity contribution in [2.24, 2.45) is 0 Å². The van der Waals surface area contributed by atoms with Gasteiger partial charge in [-0.25, -0.2) is 9.97 Å². The fourth-order valence-electron chi connectivity index (χ4n) is 0.479. The summed E-state index contributed by atoms with van der Waals surface area (Å²) in [5.74, 6) is 0. The molecule has 0 aromatic carbocycles. The molecule has 0 amide bonds. The van der Waals surface area contributed by atoms with Crippen LogP contribution in [0.3, 0.4) is 0 Å². The first-order valence-corrected chi connectivity index (χ1v) is 3.85. The third-order valence-corrected chi connectivity index (χ3v) is 1.58. The summed E-state index contributed by atoms with van der Waals surface area (Å²) in [5, 5.41) is 9.17. The Balaban J connectivity index is 2.93. The minimum Gasteiger partial charge on any atom is -0.245 e. The van der Waals surface area contributed by atoms with Gasteiger partial charge in [-0.3, -0.25) is 0 Å². The number of hydrogen-bond acceptors (Lipinski definition) is 4. The van der Waals surface area contributed by atoms with E-state index in [1.165, 1.54) is 18.0 Å². The second kappa shape index (κ2) is 3.18. The van der Waals surface area contributed by atoms with Gasteiger partial charge in [-0.1, -0.05) is 0 Å². The molecule has 0 bridgehead atoms. The van der Waals surface area contributed by atoms with E-state index in [0.29, 0.717) is 5.69 Å². The lowest BCUT2D eigenvalue weighted by Gasteiger charge is -1.90. The maximum Gasteiger partial charge on any atom is 0.158 e. The first-order valence-electron chi connectivity index (χ1n) is 2.63. The third-order valence-electron chi connectivity index (χ3n) is 0.952. The van der Waals surface area contributed by atoms with Crippen LogP contribution in [0.4, 0.5) is 0 Å². The third kappa shape index (κ3) is 1.45. The molecule has 0 saturated carbocycles. The van der Waals surface area contributed by atoms with Gasteiger partial charge in [-0.05, 0) is 6.26 Å². The highest BCUT2D eigenvalue weighted by molar-refractivity contribution is 7.98. The molecular weight excluding hydrogens is 146 g/mol. The second-order valence-electron chi connectivity index (χ2n) is 1.56. The fraction of sp³-hybridized carbons (Fsp3) is 0.167. The number of nitrogens with zero attached hydrogens (tertiary/aromatic N) is 3. The molecule has 4 heteroatoms. The number of rotatable bonds is 1. The minimum absolute atomic E-state index is 0.359. The Morgan fingerprint density at radius 3 is 2.70 bits per heavy atom. The molecule has 0 spiro atoms. The molecule has 0 saturated heterocycles. The van der Waals surface area contributed by atoms with E-state index < -0.39 is 0 Å².